The zero-order chi connectivity index (χ0) is 26.6. The van der Waals surface area contributed by atoms with Crippen LogP contribution in [-0.2, 0) is 39.9 Å². The largest absolute Gasteiger partial charge is 0.447 e. The Morgan fingerprint density at radius 1 is 1.05 bits per heavy atom. The molecule has 37 heavy (non-hydrogen) atoms. The molecule has 1 fully saturated rings. The summed E-state index contributed by atoms with van der Waals surface area (Å²) in [6.07, 6.45) is -6.77. The number of nitrogen functional groups attached to an aromatic ring is 1. The van der Waals surface area contributed by atoms with Crippen molar-refractivity contribution in [1.82, 2.24) is 4.90 Å². The summed E-state index contributed by atoms with van der Waals surface area (Å²) in [4.78, 5) is 27.2. The van der Waals surface area contributed by atoms with Crippen molar-refractivity contribution in [3.8, 4) is 0 Å². The van der Waals surface area contributed by atoms with Crippen LogP contribution >= 0.6 is 11.6 Å². The molecule has 0 unspecified atom stereocenters. The average molecular weight is 533 g/mol. The number of ether oxygens (including phenoxy) is 2. The second-order valence-electron chi connectivity index (χ2n) is 8.65. The standard InChI is InChI=1S/C27H24ClF3N2O4/c28-22-13-19(12-21(24(22)32)27(29,30)31)14-23(36-15-18-9-5-2-6-10-18)25(34)33-20(16-37-26(33)35)11-17-7-3-1-4-8-17/h1-10,12-13,20,23H,11,14-16,32H2/t20-,23+/m0/s1. The van der Waals surface area contributed by atoms with Gasteiger partial charge in [0.05, 0.1) is 28.9 Å². The first-order valence-electron chi connectivity index (χ1n) is 11.5. The van der Waals surface area contributed by atoms with Gasteiger partial charge in [0.2, 0.25) is 0 Å². The van der Waals surface area contributed by atoms with Gasteiger partial charge in [0.25, 0.3) is 5.91 Å². The number of rotatable bonds is 8. The summed E-state index contributed by atoms with van der Waals surface area (Å²) in [6, 6.07) is 19.7. The number of nitrogens with zero attached hydrogens (tertiary/aromatic N) is 1. The highest BCUT2D eigenvalue weighted by Gasteiger charge is 2.42. The van der Waals surface area contributed by atoms with Crippen molar-refractivity contribution in [2.75, 3.05) is 12.3 Å². The smallest absolute Gasteiger partial charge is 0.418 e. The van der Waals surface area contributed by atoms with E-state index in [1.165, 1.54) is 6.07 Å². The molecule has 2 N–H and O–H groups in total. The molecule has 0 aromatic heterocycles. The van der Waals surface area contributed by atoms with Crippen LogP contribution in [-0.4, -0.2) is 35.7 Å². The van der Waals surface area contributed by atoms with Gasteiger partial charge in [-0.05, 0) is 35.2 Å². The van der Waals surface area contributed by atoms with Crippen molar-refractivity contribution in [3.05, 3.63) is 100 Å². The lowest BCUT2D eigenvalue weighted by Gasteiger charge is -2.26. The summed E-state index contributed by atoms with van der Waals surface area (Å²) in [5.41, 5.74) is 5.58. The topological polar surface area (TPSA) is 81.9 Å². The second-order valence-corrected chi connectivity index (χ2v) is 9.06. The van der Waals surface area contributed by atoms with E-state index in [-0.39, 0.29) is 30.2 Å². The number of anilines is 1. The highest BCUT2D eigenvalue weighted by atomic mass is 35.5. The molecular weight excluding hydrogens is 509 g/mol. The molecular formula is C27H24ClF3N2O4. The van der Waals surface area contributed by atoms with Gasteiger partial charge in [0, 0.05) is 6.42 Å². The third-order valence-corrected chi connectivity index (χ3v) is 6.31. The van der Waals surface area contributed by atoms with E-state index in [2.05, 4.69) is 0 Å². The molecule has 194 valence electrons. The first-order chi connectivity index (χ1) is 17.6. The zero-order valence-electron chi connectivity index (χ0n) is 19.6. The van der Waals surface area contributed by atoms with E-state index in [9.17, 15) is 22.8 Å². The van der Waals surface area contributed by atoms with E-state index in [1.54, 1.807) is 24.3 Å². The number of alkyl halides is 3. The summed E-state index contributed by atoms with van der Waals surface area (Å²) >= 11 is 5.99. The highest BCUT2D eigenvalue weighted by molar-refractivity contribution is 6.33. The monoisotopic (exact) mass is 532 g/mol. The predicted molar refractivity (Wildman–Crippen MR) is 132 cm³/mol. The molecule has 1 saturated heterocycles. The summed E-state index contributed by atoms with van der Waals surface area (Å²) in [5, 5.41) is -0.290. The van der Waals surface area contributed by atoms with Crippen molar-refractivity contribution in [2.24, 2.45) is 0 Å². The van der Waals surface area contributed by atoms with Crippen molar-refractivity contribution >= 4 is 29.3 Å². The lowest BCUT2D eigenvalue weighted by atomic mass is 10.0. The number of benzene rings is 3. The fraction of sp³-hybridized carbons (Fsp3) is 0.259. The Bertz CT molecular complexity index is 1260. The SMILES string of the molecule is Nc1c(Cl)cc(C[C@@H](OCc2ccccc2)C(=O)N2C(=O)OC[C@@H]2Cc2ccccc2)cc1C(F)(F)F. The van der Waals surface area contributed by atoms with Crippen LogP contribution < -0.4 is 5.73 Å². The van der Waals surface area contributed by atoms with Crippen LogP contribution in [0.3, 0.4) is 0 Å². The van der Waals surface area contributed by atoms with E-state index in [1.807, 2.05) is 36.4 Å². The Morgan fingerprint density at radius 2 is 1.68 bits per heavy atom. The summed E-state index contributed by atoms with van der Waals surface area (Å²) in [7, 11) is 0. The number of imide groups is 1. The maximum atomic E-state index is 13.6. The molecule has 4 rings (SSSR count). The molecule has 0 spiro atoms. The Hall–Kier alpha value is -3.56. The number of carbonyl (C=O) groups is 2. The van der Waals surface area contributed by atoms with Gasteiger partial charge >= 0.3 is 12.3 Å². The Kier molecular flexibility index (Phi) is 8.04. The molecule has 3 aromatic rings. The van der Waals surface area contributed by atoms with Gasteiger partial charge in [-0.25, -0.2) is 9.69 Å². The molecule has 1 heterocycles. The van der Waals surface area contributed by atoms with E-state index in [4.69, 9.17) is 26.8 Å². The lowest BCUT2D eigenvalue weighted by molar-refractivity contribution is -0.142. The van der Waals surface area contributed by atoms with Crippen molar-refractivity contribution in [2.45, 2.75) is 37.8 Å². The zero-order valence-corrected chi connectivity index (χ0v) is 20.3. The van der Waals surface area contributed by atoms with E-state index < -0.39 is 41.6 Å². The summed E-state index contributed by atoms with van der Waals surface area (Å²) in [6.45, 7) is -0.00485. The second kappa shape index (κ2) is 11.2. The summed E-state index contributed by atoms with van der Waals surface area (Å²) < 4.78 is 51.6. The minimum absolute atomic E-state index is 0.00167. The van der Waals surface area contributed by atoms with E-state index in [0.717, 1.165) is 22.1 Å². The quantitative estimate of drug-likeness (QED) is 0.379. The van der Waals surface area contributed by atoms with Gasteiger partial charge in [0.15, 0.2) is 0 Å². The number of amides is 2. The number of hydrogen-bond acceptors (Lipinski definition) is 5. The van der Waals surface area contributed by atoms with Crippen LogP contribution in [0, 0.1) is 0 Å². The van der Waals surface area contributed by atoms with Crippen molar-refractivity contribution < 1.29 is 32.2 Å². The predicted octanol–water partition coefficient (Wildman–Crippen LogP) is 5.66. The van der Waals surface area contributed by atoms with Gasteiger partial charge in [-0.1, -0.05) is 72.3 Å². The third kappa shape index (κ3) is 6.42. The summed E-state index contributed by atoms with van der Waals surface area (Å²) in [5.74, 6) is -0.708. The number of hydrogen-bond donors (Lipinski definition) is 1. The normalized spacial score (nSPS) is 16.5. The van der Waals surface area contributed by atoms with E-state index in [0.29, 0.717) is 6.42 Å². The first kappa shape index (κ1) is 26.5. The minimum atomic E-state index is -4.74. The fourth-order valence-corrected chi connectivity index (χ4v) is 4.39. The number of carbonyl (C=O) groups excluding carboxylic acids is 2. The lowest BCUT2D eigenvalue weighted by Crippen LogP contribution is -2.47. The highest BCUT2D eigenvalue weighted by Crippen LogP contribution is 2.38. The number of halogens is 4. The maximum absolute atomic E-state index is 13.6. The Morgan fingerprint density at radius 3 is 2.30 bits per heavy atom. The number of nitrogens with two attached hydrogens (primary N) is 1. The van der Waals surface area contributed by atoms with Crippen LogP contribution in [0.25, 0.3) is 0 Å². The molecule has 2 amide bonds. The van der Waals surface area contributed by atoms with Crippen molar-refractivity contribution in [1.29, 1.82) is 0 Å². The molecule has 1 aliphatic heterocycles. The number of cyclic esters (lactones) is 1. The molecule has 2 atom stereocenters. The fourth-order valence-electron chi connectivity index (χ4n) is 4.15. The van der Waals surface area contributed by atoms with Crippen molar-refractivity contribution in [3.63, 3.8) is 0 Å². The molecule has 0 radical (unpaired) electrons. The van der Waals surface area contributed by atoms with Gasteiger partial charge in [-0.2, -0.15) is 13.2 Å². The molecule has 0 bridgehead atoms. The Labute approximate surface area is 216 Å². The molecule has 0 saturated carbocycles. The molecule has 0 aliphatic carbocycles. The van der Waals surface area contributed by atoms with Gasteiger partial charge in [-0.3, -0.25) is 4.79 Å². The van der Waals surface area contributed by atoms with Gasteiger partial charge < -0.3 is 15.2 Å². The van der Waals surface area contributed by atoms with Gasteiger partial charge in [-0.15, -0.1) is 0 Å². The Balaban J connectivity index is 1.62. The van der Waals surface area contributed by atoms with Crippen LogP contribution in [0.5, 0.6) is 0 Å². The molecule has 6 nitrogen and oxygen atoms in total. The van der Waals surface area contributed by atoms with Crippen LogP contribution in [0.1, 0.15) is 22.3 Å². The van der Waals surface area contributed by atoms with E-state index >= 15 is 0 Å². The van der Waals surface area contributed by atoms with Crippen LogP contribution in [0.4, 0.5) is 23.7 Å². The minimum Gasteiger partial charge on any atom is -0.447 e. The molecule has 3 aromatic carbocycles. The van der Waals surface area contributed by atoms with Crippen LogP contribution in [0.2, 0.25) is 5.02 Å². The third-order valence-electron chi connectivity index (χ3n) is 6.00. The maximum Gasteiger partial charge on any atom is 0.418 e. The molecule has 1 aliphatic rings. The van der Waals surface area contributed by atoms with Crippen LogP contribution in [0.15, 0.2) is 72.8 Å². The first-order valence-corrected chi connectivity index (χ1v) is 11.9. The molecule has 10 heteroatoms. The average Bonchev–Trinajstić information content (AvgIpc) is 3.23. The van der Waals surface area contributed by atoms with Gasteiger partial charge in [0.1, 0.15) is 12.7 Å².